The average Bonchev–Trinajstić information content (AvgIpc) is 3.16. The average molecular weight is 239 g/mol. The first kappa shape index (κ1) is 12.2. The van der Waals surface area contributed by atoms with E-state index in [0.717, 1.165) is 19.4 Å². The molecule has 0 bridgehead atoms. The molecule has 5 heteroatoms. The fourth-order valence-corrected chi connectivity index (χ4v) is 2.25. The predicted molar refractivity (Wildman–Crippen MR) is 64.6 cm³/mol. The lowest BCUT2D eigenvalue weighted by Gasteiger charge is -2.28. The zero-order valence-electron chi connectivity index (χ0n) is 10.5. The molecule has 5 nitrogen and oxygen atoms in total. The summed E-state index contributed by atoms with van der Waals surface area (Å²) < 4.78 is 0. The van der Waals surface area contributed by atoms with Crippen LogP contribution in [0.15, 0.2) is 5.16 Å². The molecule has 0 aliphatic heterocycles. The molecule has 0 aromatic carbocycles. The van der Waals surface area contributed by atoms with Gasteiger partial charge in [-0.3, -0.25) is 4.79 Å². The first-order chi connectivity index (χ1) is 8.01. The number of hydrogen-bond acceptors (Lipinski definition) is 3. The third-order valence-corrected chi connectivity index (χ3v) is 3.57. The molecular formula is C12H21N3O2. The van der Waals surface area contributed by atoms with Crippen molar-refractivity contribution in [2.45, 2.75) is 45.6 Å². The second-order valence-electron chi connectivity index (χ2n) is 5.65. The molecule has 0 heterocycles. The number of nitrogens with zero attached hydrogens (tertiary/aromatic N) is 2. The highest BCUT2D eigenvalue weighted by atomic mass is 16.4. The van der Waals surface area contributed by atoms with Crippen molar-refractivity contribution in [1.82, 2.24) is 4.90 Å². The maximum absolute atomic E-state index is 12.5. The van der Waals surface area contributed by atoms with Crippen molar-refractivity contribution in [1.29, 1.82) is 0 Å². The van der Waals surface area contributed by atoms with Crippen LogP contribution in [-0.2, 0) is 4.79 Å². The fraction of sp³-hybridized carbons (Fsp3) is 0.833. The van der Waals surface area contributed by atoms with Crippen LogP contribution in [0.2, 0.25) is 0 Å². The summed E-state index contributed by atoms with van der Waals surface area (Å²) in [4.78, 5) is 14.4. The Balaban J connectivity index is 2.11. The lowest BCUT2D eigenvalue weighted by atomic mass is 10.0. The molecule has 0 atom stereocenters. The number of rotatable bonds is 5. The summed E-state index contributed by atoms with van der Waals surface area (Å²) in [6.45, 7) is 4.97. The fourth-order valence-electron chi connectivity index (χ4n) is 2.25. The van der Waals surface area contributed by atoms with Crippen LogP contribution in [0.25, 0.3) is 0 Å². The largest absolute Gasteiger partial charge is 0.409 e. The van der Waals surface area contributed by atoms with E-state index in [1.807, 2.05) is 4.90 Å². The smallest absolute Gasteiger partial charge is 0.236 e. The Kier molecular flexibility index (Phi) is 3.02. The van der Waals surface area contributed by atoms with E-state index >= 15 is 0 Å². The van der Waals surface area contributed by atoms with Gasteiger partial charge in [0, 0.05) is 12.6 Å². The minimum absolute atomic E-state index is 0.0593. The number of amides is 1. The molecule has 0 aromatic heterocycles. The van der Waals surface area contributed by atoms with Crippen LogP contribution in [0.4, 0.5) is 0 Å². The number of carbonyl (C=O) groups excluding carboxylic acids is 1. The van der Waals surface area contributed by atoms with Crippen LogP contribution in [0.1, 0.15) is 39.5 Å². The normalized spacial score (nSPS) is 22.6. The molecule has 2 rings (SSSR count). The van der Waals surface area contributed by atoms with E-state index in [9.17, 15) is 4.79 Å². The minimum atomic E-state index is -0.688. The molecule has 1 amide bonds. The molecule has 2 fully saturated rings. The Hall–Kier alpha value is -1.26. The summed E-state index contributed by atoms with van der Waals surface area (Å²) in [7, 11) is 0. The molecule has 0 unspecified atom stereocenters. The van der Waals surface area contributed by atoms with Gasteiger partial charge in [0.2, 0.25) is 5.91 Å². The van der Waals surface area contributed by atoms with Crippen molar-refractivity contribution in [2.75, 3.05) is 6.54 Å². The van der Waals surface area contributed by atoms with E-state index in [1.165, 1.54) is 0 Å². The monoisotopic (exact) mass is 239 g/mol. The lowest BCUT2D eigenvalue weighted by molar-refractivity contribution is -0.135. The standard InChI is InChI=1S/C12H21N3O2/c1-8(2)7-15(9-3-4-9)11(16)12(5-6-12)10(13)14-17/h8-9,17H,3-7H2,1-2H3,(H2,13,14). The van der Waals surface area contributed by atoms with Crippen LogP contribution < -0.4 is 5.73 Å². The van der Waals surface area contributed by atoms with E-state index in [2.05, 4.69) is 19.0 Å². The Labute approximate surface area is 102 Å². The summed E-state index contributed by atoms with van der Waals surface area (Å²) in [6, 6.07) is 0.383. The summed E-state index contributed by atoms with van der Waals surface area (Å²) in [6.07, 6.45) is 3.60. The Morgan fingerprint density at radius 2 is 2.12 bits per heavy atom. The van der Waals surface area contributed by atoms with Gasteiger partial charge in [0.05, 0.1) is 0 Å². The van der Waals surface area contributed by atoms with Crippen molar-refractivity contribution >= 4 is 11.7 Å². The highest BCUT2D eigenvalue weighted by Gasteiger charge is 2.57. The maximum Gasteiger partial charge on any atom is 0.236 e. The number of oxime groups is 1. The maximum atomic E-state index is 12.5. The van der Waals surface area contributed by atoms with Gasteiger partial charge in [0.1, 0.15) is 5.41 Å². The van der Waals surface area contributed by atoms with Crippen molar-refractivity contribution in [3.8, 4) is 0 Å². The van der Waals surface area contributed by atoms with Crippen LogP contribution >= 0.6 is 0 Å². The first-order valence-electron chi connectivity index (χ1n) is 6.30. The molecule has 2 saturated carbocycles. The van der Waals surface area contributed by atoms with Gasteiger partial charge in [-0.2, -0.15) is 0 Å². The van der Waals surface area contributed by atoms with Crippen molar-refractivity contribution < 1.29 is 10.0 Å². The highest BCUT2D eigenvalue weighted by Crippen LogP contribution is 2.49. The molecule has 3 N–H and O–H groups in total. The SMILES string of the molecule is CC(C)CN(C(=O)C1(C(N)=NO)CC1)C1CC1. The van der Waals surface area contributed by atoms with Gasteiger partial charge in [-0.15, -0.1) is 0 Å². The van der Waals surface area contributed by atoms with Crippen molar-refractivity contribution in [2.24, 2.45) is 22.2 Å². The number of hydrogen-bond donors (Lipinski definition) is 2. The molecule has 0 radical (unpaired) electrons. The van der Waals surface area contributed by atoms with Gasteiger partial charge < -0.3 is 15.8 Å². The van der Waals surface area contributed by atoms with E-state index in [1.54, 1.807) is 0 Å². The van der Waals surface area contributed by atoms with E-state index in [4.69, 9.17) is 10.9 Å². The van der Waals surface area contributed by atoms with E-state index < -0.39 is 5.41 Å². The second kappa shape index (κ2) is 4.20. The number of amidine groups is 1. The zero-order chi connectivity index (χ0) is 12.6. The molecule has 2 aliphatic rings. The van der Waals surface area contributed by atoms with Gasteiger partial charge in [-0.25, -0.2) is 0 Å². The molecular weight excluding hydrogens is 218 g/mol. The summed E-state index contributed by atoms with van der Waals surface area (Å²) in [5.41, 5.74) is 4.97. The van der Waals surface area contributed by atoms with Crippen LogP contribution in [0.5, 0.6) is 0 Å². The minimum Gasteiger partial charge on any atom is -0.409 e. The van der Waals surface area contributed by atoms with Crippen molar-refractivity contribution in [3.63, 3.8) is 0 Å². The topological polar surface area (TPSA) is 78.9 Å². The van der Waals surface area contributed by atoms with Crippen LogP contribution in [-0.4, -0.2) is 34.4 Å². The summed E-state index contributed by atoms with van der Waals surface area (Å²) >= 11 is 0. The summed E-state index contributed by atoms with van der Waals surface area (Å²) in [5, 5.41) is 11.8. The van der Waals surface area contributed by atoms with E-state index in [-0.39, 0.29) is 11.7 Å². The molecule has 0 spiro atoms. The molecule has 96 valence electrons. The Morgan fingerprint density at radius 3 is 2.47 bits per heavy atom. The van der Waals surface area contributed by atoms with Gasteiger partial charge in [-0.1, -0.05) is 19.0 Å². The Bertz CT molecular complexity index is 344. The van der Waals surface area contributed by atoms with Gasteiger partial charge in [0.25, 0.3) is 0 Å². The Morgan fingerprint density at radius 1 is 1.53 bits per heavy atom. The first-order valence-corrected chi connectivity index (χ1v) is 6.30. The number of nitrogens with two attached hydrogens (primary N) is 1. The third kappa shape index (κ3) is 2.23. The number of carbonyl (C=O) groups is 1. The molecule has 0 aromatic rings. The third-order valence-electron chi connectivity index (χ3n) is 3.57. The van der Waals surface area contributed by atoms with Crippen LogP contribution in [0.3, 0.4) is 0 Å². The molecule has 17 heavy (non-hydrogen) atoms. The quantitative estimate of drug-likeness (QED) is 0.327. The second-order valence-corrected chi connectivity index (χ2v) is 5.65. The molecule has 0 saturated heterocycles. The predicted octanol–water partition coefficient (Wildman–Crippen LogP) is 1.16. The van der Waals surface area contributed by atoms with E-state index in [0.29, 0.717) is 24.8 Å². The van der Waals surface area contributed by atoms with Gasteiger partial charge >= 0.3 is 0 Å². The van der Waals surface area contributed by atoms with Gasteiger partial charge in [0.15, 0.2) is 5.84 Å². The van der Waals surface area contributed by atoms with Crippen molar-refractivity contribution in [3.05, 3.63) is 0 Å². The lowest BCUT2D eigenvalue weighted by Crippen LogP contribution is -2.46. The summed E-state index contributed by atoms with van der Waals surface area (Å²) in [5.74, 6) is 0.587. The highest BCUT2D eigenvalue weighted by molar-refractivity contribution is 6.09. The van der Waals surface area contributed by atoms with Crippen LogP contribution in [0, 0.1) is 11.3 Å². The molecule has 2 aliphatic carbocycles. The van der Waals surface area contributed by atoms with Gasteiger partial charge in [-0.05, 0) is 31.6 Å². The zero-order valence-corrected chi connectivity index (χ0v) is 10.5.